The second-order valence-corrected chi connectivity index (χ2v) is 5.39. The van der Waals surface area contributed by atoms with Gasteiger partial charge >= 0.3 is 0 Å². The normalized spacial score (nSPS) is 15.5. The molecule has 1 saturated heterocycles. The molecule has 0 bridgehead atoms. The maximum Gasteiger partial charge on any atom is 0.255 e. The quantitative estimate of drug-likeness (QED) is 0.805. The van der Waals surface area contributed by atoms with Crippen LogP contribution in [0.25, 0.3) is 0 Å². The van der Waals surface area contributed by atoms with Crippen molar-refractivity contribution < 1.29 is 9.59 Å². The molecule has 1 fully saturated rings. The zero-order valence-corrected chi connectivity index (χ0v) is 12.2. The van der Waals surface area contributed by atoms with Crippen LogP contribution in [0.15, 0.2) is 23.1 Å². The molecule has 1 heterocycles. The molecule has 4 nitrogen and oxygen atoms in total. The van der Waals surface area contributed by atoms with E-state index in [1.165, 1.54) is 0 Å². The van der Waals surface area contributed by atoms with Crippen LogP contribution in [0.3, 0.4) is 0 Å². The summed E-state index contributed by atoms with van der Waals surface area (Å²) in [6.45, 7) is 3.74. The Morgan fingerprint density at radius 3 is 2.32 bits per heavy atom. The Bertz CT molecular complexity index is 513. The first-order valence-electron chi connectivity index (χ1n) is 6.02. The number of piperazine rings is 1. The summed E-state index contributed by atoms with van der Waals surface area (Å²) in [6, 6.07) is 5.09. The molecule has 0 spiro atoms. The third-order valence-electron chi connectivity index (χ3n) is 3.19. The van der Waals surface area contributed by atoms with Crippen molar-refractivity contribution in [3.8, 4) is 0 Å². The molecule has 1 aromatic rings. The molecule has 0 N–H and O–H groups in total. The Morgan fingerprint density at radius 1 is 1.16 bits per heavy atom. The molecule has 102 valence electrons. The van der Waals surface area contributed by atoms with E-state index < -0.39 is 0 Å². The Labute approximate surface area is 122 Å². The van der Waals surface area contributed by atoms with Crippen molar-refractivity contribution in [1.82, 2.24) is 9.80 Å². The lowest BCUT2D eigenvalue weighted by Gasteiger charge is -2.34. The maximum absolute atomic E-state index is 12.4. The van der Waals surface area contributed by atoms with Crippen LogP contribution in [-0.4, -0.2) is 47.8 Å². The molecule has 0 atom stereocenters. The number of thiol groups is 1. The van der Waals surface area contributed by atoms with Crippen molar-refractivity contribution in [2.24, 2.45) is 0 Å². The second kappa shape index (κ2) is 5.84. The molecule has 2 amide bonds. The highest BCUT2D eigenvalue weighted by molar-refractivity contribution is 7.80. The molecule has 0 radical (unpaired) electrons. The molecule has 1 aliphatic heterocycles. The molecule has 6 heteroatoms. The minimum atomic E-state index is -0.107. The molecular formula is C13H15ClN2O2S. The van der Waals surface area contributed by atoms with Gasteiger partial charge in [-0.2, -0.15) is 0 Å². The highest BCUT2D eigenvalue weighted by Gasteiger charge is 2.24. The van der Waals surface area contributed by atoms with Gasteiger partial charge in [0.15, 0.2) is 0 Å². The largest absolute Gasteiger partial charge is 0.339 e. The average molecular weight is 299 g/mol. The standard InChI is InChI=1S/C13H15ClN2O2S/c1-9(17)15-4-6-16(7-5-15)13(18)11-8-10(19)2-3-12(11)14/h2-3,8,19H,4-7H2,1H3. The van der Waals surface area contributed by atoms with Crippen molar-refractivity contribution in [3.05, 3.63) is 28.8 Å². The smallest absolute Gasteiger partial charge is 0.255 e. The van der Waals surface area contributed by atoms with Crippen LogP contribution in [-0.2, 0) is 4.79 Å². The number of halogens is 1. The van der Waals surface area contributed by atoms with Crippen molar-refractivity contribution >= 4 is 36.0 Å². The summed E-state index contributed by atoms with van der Waals surface area (Å²) < 4.78 is 0. The summed E-state index contributed by atoms with van der Waals surface area (Å²) in [7, 11) is 0. The summed E-state index contributed by atoms with van der Waals surface area (Å²) >= 11 is 10.3. The van der Waals surface area contributed by atoms with Crippen LogP contribution in [0.4, 0.5) is 0 Å². The number of carbonyl (C=O) groups excluding carboxylic acids is 2. The van der Waals surface area contributed by atoms with Gasteiger partial charge in [-0.1, -0.05) is 11.6 Å². The molecule has 0 unspecified atom stereocenters. The SMILES string of the molecule is CC(=O)N1CCN(C(=O)c2cc(S)ccc2Cl)CC1. The minimum absolute atomic E-state index is 0.0440. The zero-order chi connectivity index (χ0) is 14.0. The number of amides is 2. The molecular weight excluding hydrogens is 284 g/mol. The van der Waals surface area contributed by atoms with Gasteiger partial charge in [0.05, 0.1) is 10.6 Å². The monoisotopic (exact) mass is 298 g/mol. The summed E-state index contributed by atoms with van der Waals surface area (Å²) in [5, 5.41) is 0.428. The van der Waals surface area contributed by atoms with E-state index in [0.29, 0.717) is 41.7 Å². The van der Waals surface area contributed by atoms with Crippen LogP contribution < -0.4 is 0 Å². The van der Waals surface area contributed by atoms with Crippen LogP contribution >= 0.6 is 24.2 Å². The molecule has 0 saturated carbocycles. The molecule has 19 heavy (non-hydrogen) atoms. The van der Waals surface area contributed by atoms with Gasteiger partial charge in [0.25, 0.3) is 5.91 Å². The van der Waals surface area contributed by atoms with Gasteiger partial charge in [-0.3, -0.25) is 9.59 Å². The predicted octanol–water partition coefficient (Wildman–Crippen LogP) is 1.93. The fraction of sp³-hybridized carbons (Fsp3) is 0.385. The second-order valence-electron chi connectivity index (χ2n) is 4.46. The molecule has 2 rings (SSSR count). The van der Waals surface area contributed by atoms with Gasteiger partial charge in [0, 0.05) is 38.0 Å². The summed E-state index contributed by atoms with van der Waals surface area (Å²) in [6.07, 6.45) is 0. The summed E-state index contributed by atoms with van der Waals surface area (Å²) in [4.78, 5) is 27.7. The van der Waals surface area contributed by atoms with Crippen LogP contribution in [0.2, 0.25) is 5.02 Å². The number of carbonyl (C=O) groups is 2. The first-order valence-corrected chi connectivity index (χ1v) is 6.85. The van der Waals surface area contributed by atoms with Crippen molar-refractivity contribution in [2.45, 2.75) is 11.8 Å². The number of hydrogen-bond donors (Lipinski definition) is 1. The van der Waals surface area contributed by atoms with E-state index >= 15 is 0 Å². The third kappa shape index (κ3) is 3.22. The fourth-order valence-electron chi connectivity index (χ4n) is 2.07. The predicted molar refractivity (Wildman–Crippen MR) is 76.9 cm³/mol. The third-order valence-corrected chi connectivity index (χ3v) is 3.80. The van der Waals surface area contributed by atoms with Crippen molar-refractivity contribution in [2.75, 3.05) is 26.2 Å². The van der Waals surface area contributed by atoms with Crippen LogP contribution in [0.1, 0.15) is 17.3 Å². The Kier molecular flexibility index (Phi) is 4.37. The van der Waals surface area contributed by atoms with Gasteiger partial charge in [-0.25, -0.2) is 0 Å². The number of benzene rings is 1. The van der Waals surface area contributed by atoms with E-state index in [0.717, 1.165) is 0 Å². The number of hydrogen-bond acceptors (Lipinski definition) is 3. The Morgan fingerprint density at radius 2 is 1.74 bits per heavy atom. The lowest BCUT2D eigenvalue weighted by atomic mass is 10.1. The average Bonchev–Trinajstić information content (AvgIpc) is 2.41. The minimum Gasteiger partial charge on any atom is -0.339 e. The Hall–Kier alpha value is -1.20. The van der Waals surface area contributed by atoms with Gasteiger partial charge in [0.1, 0.15) is 0 Å². The first-order chi connectivity index (χ1) is 8.99. The van der Waals surface area contributed by atoms with Gasteiger partial charge in [-0.05, 0) is 18.2 Å². The highest BCUT2D eigenvalue weighted by atomic mass is 35.5. The van der Waals surface area contributed by atoms with Gasteiger partial charge in [0.2, 0.25) is 5.91 Å². The van der Waals surface area contributed by atoms with E-state index in [1.54, 1.807) is 34.9 Å². The highest BCUT2D eigenvalue weighted by Crippen LogP contribution is 2.21. The van der Waals surface area contributed by atoms with Crippen molar-refractivity contribution in [3.63, 3.8) is 0 Å². The molecule has 1 aliphatic rings. The van der Waals surface area contributed by atoms with E-state index in [4.69, 9.17) is 11.6 Å². The van der Waals surface area contributed by atoms with Crippen molar-refractivity contribution in [1.29, 1.82) is 0 Å². The van der Waals surface area contributed by atoms with E-state index in [1.807, 2.05) is 0 Å². The van der Waals surface area contributed by atoms with Crippen LogP contribution in [0, 0.1) is 0 Å². The lowest BCUT2D eigenvalue weighted by molar-refractivity contribution is -0.130. The first kappa shape index (κ1) is 14.2. The van der Waals surface area contributed by atoms with Gasteiger partial charge in [-0.15, -0.1) is 12.6 Å². The number of rotatable bonds is 1. The lowest BCUT2D eigenvalue weighted by Crippen LogP contribution is -2.50. The van der Waals surface area contributed by atoms with E-state index in [-0.39, 0.29) is 11.8 Å². The Balaban J connectivity index is 2.09. The van der Waals surface area contributed by atoms with Crippen LogP contribution in [0.5, 0.6) is 0 Å². The molecule has 0 aromatic heterocycles. The summed E-state index contributed by atoms with van der Waals surface area (Å²) in [5.41, 5.74) is 0.463. The van der Waals surface area contributed by atoms with Gasteiger partial charge < -0.3 is 9.80 Å². The fourth-order valence-corrected chi connectivity index (χ4v) is 2.47. The molecule has 0 aliphatic carbocycles. The molecule has 1 aromatic carbocycles. The number of nitrogens with zero attached hydrogens (tertiary/aromatic N) is 2. The van der Waals surface area contributed by atoms with E-state index in [2.05, 4.69) is 12.6 Å². The van der Waals surface area contributed by atoms with E-state index in [9.17, 15) is 9.59 Å². The zero-order valence-electron chi connectivity index (χ0n) is 10.6. The topological polar surface area (TPSA) is 40.6 Å². The maximum atomic E-state index is 12.4. The summed E-state index contributed by atoms with van der Waals surface area (Å²) in [5.74, 6) is -0.0633.